The molecule has 0 unspecified atom stereocenters. The number of rotatable bonds is 5. The Morgan fingerprint density at radius 3 is 1.96 bits per heavy atom. The lowest BCUT2D eigenvalue weighted by atomic mass is 9.53. The summed E-state index contributed by atoms with van der Waals surface area (Å²) in [6, 6.07) is 3.92. The van der Waals surface area contributed by atoms with Gasteiger partial charge in [0.05, 0.1) is 21.3 Å². The average Bonchev–Trinajstić information content (AvgIpc) is 3.08. The van der Waals surface area contributed by atoms with Gasteiger partial charge in [0.1, 0.15) is 0 Å². The summed E-state index contributed by atoms with van der Waals surface area (Å²) in [5.41, 5.74) is 1.02. The topological polar surface area (TPSA) is 61.3 Å². The van der Waals surface area contributed by atoms with Crippen molar-refractivity contribution in [1.29, 1.82) is 0 Å². The van der Waals surface area contributed by atoms with Crippen molar-refractivity contribution in [1.82, 2.24) is 14.8 Å². The van der Waals surface area contributed by atoms with E-state index >= 15 is 0 Å². The van der Waals surface area contributed by atoms with Crippen molar-refractivity contribution in [2.45, 2.75) is 44.1 Å². The predicted octanol–water partition coefficient (Wildman–Crippen LogP) is 4.56. The van der Waals surface area contributed by atoms with Gasteiger partial charge in [0.25, 0.3) is 0 Å². The predicted molar refractivity (Wildman–Crippen MR) is 109 cm³/mol. The maximum atomic E-state index is 5.74. The molecule has 4 fully saturated rings. The van der Waals surface area contributed by atoms with Gasteiger partial charge in [-0.1, -0.05) is 0 Å². The third-order valence-electron chi connectivity index (χ3n) is 7.08. The Bertz CT molecular complexity index is 904. The second-order valence-electron chi connectivity index (χ2n) is 8.74. The molecule has 4 aliphatic carbocycles. The van der Waals surface area contributed by atoms with Crippen molar-refractivity contribution < 1.29 is 14.2 Å². The number of aromatic nitrogens is 3. The van der Waals surface area contributed by atoms with Gasteiger partial charge in [0, 0.05) is 11.1 Å². The Hall–Kier alpha value is -2.02. The van der Waals surface area contributed by atoms with E-state index in [1.54, 1.807) is 21.3 Å². The van der Waals surface area contributed by atoms with Crippen molar-refractivity contribution in [2.24, 2.45) is 17.8 Å². The number of H-pyrrole nitrogens is 1. The molecule has 1 aromatic heterocycles. The number of nitrogens with one attached hydrogen (secondary N) is 1. The molecule has 6 nitrogen and oxygen atoms in total. The van der Waals surface area contributed by atoms with Crippen LogP contribution >= 0.6 is 12.2 Å². The summed E-state index contributed by atoms with van der Waals surface area (Å²) in [4.78, 5) is 0. The maximum Gasteiger partial charge on any atom is 0.203 e. The molecule has 7 heteroatoms. The van der Waals surface area contributed by atoms with E-state index < -0.39 is 0 Å². The fraction of sp³-hybridized carbons (Fsp3) is 0.619. The van der Waals surface area contributed by atoms with Crippen LogP contribution in [-0.2, 0) is 5.54 Å². The van der Waals surface area contributed by atoms with E-state index in [9.17, 15) is 0 Å². The van der Waals surface area contributed by atoms with E-state index in [4.69, 9.17) is 26.4 Å². The third-order valence-corrected chi connectivity index (χ3v) is 7.35. The highest BCUT2D eigenvalue weighted by atomic mass is 32.1. The van der Waals surface area contributed by atoms with E-state index in [0.717, 1.165) is 29.1 Å². The molecule has 0 spiro atoms. The summed E-state index contributed by atoms with van der Waals surface area (Å²) in [5.74, 6) is 5.20. The van der Waals surface area contributed by atoms with Crippen LogP contribution in [0.25, 0.3) is 11.4 Å². The van der Waals surface area contributed by atoms with E-state index in [0.29, 0.717) is 22.0 Å². The number of ether oxygens (including phenoxy) is 3. The molecular formula is C21H27N3O3S. The summed E-state index contributed by atoms with van der Waals surface area (Å²) < 4.78 is 19.6. The highest BCUT2D eigenvalue weighted by Gasteiger charge is 2.53. The van der Waals surface area contributed by atoms with Gasteiger partial charge in [-0.05, 0) is 80.6 Å². The van der Waals surface area contributed by atoms with Crippen molar-refractivity contribution in [2.75, 3.05) is 21.3 Å². The summed E-state index contributed by atoms with van der Waals surface area (Å²) in [6.45, 7) is 0. The first-order chi connectivity index (χ1) is 13.6. The Labute approximate surface area is 170 Å². The minimum Gasteiger partial charge on any atom is -0.493 e. The molecule has 4 bridgehead atoms. The number of methoxy groups -OCH3 is 3. The molecule has 1 heterocycles. The molecule has 0 amide bonds. The molecule has 2 aromatic rings. The molecule has 0 saturated heterocycles. The normalized spacial score (nSPS) is 30.5. The standard InChI is InChI=1S/C21H27N3O3S/c1-25-16-7-15(8-17(26-2)18(16)27-3)19-22-23-20(28)24(19)21-9-12-4-13(10-21)6-14(5-12)11-21/h7-8,12-14H,4-6,9-11H2,1-3H3,(H,23,28). The van der Waals surface area contributed by atoms with Gasteiger partial charge >= 0.3 is 0 Å². The molecule has 4 saturated carbocycles. The molecule has 4 aliphatic rings. The number of benzene rings is 1. The van der Waals surface area contributed by atoms with E-state index in [-0.39, 0.29) is 5.54 Å². The molecule has 6 rings (SSSR count). The minimum absolute atomic E-state index is 0.0918. The van der Waals surface area contributed by atoms with Crippen LogP contribution < -0.4 is 14.2 Å². The minimum atomic E-state index is 0.0918. The van der Waals surface area contributed by atoms with Crippen LogP contribution in [0.3, 0.4) is 0 Å². The van der Waals surface area contributed by atoms with Crippen LogP contribution in [0.5, 0.6) is 17.2 Å². The van der Waals surface area contributed by atoms with Crippen LogP contribution in [-0.4, -0.2) is 36.1 Å². The Morgan fingerprint density at radius 1 is 0.964 bits per heavy atom. The zero-order valence-corrected chi connectivity index (χ0v) is 17.5. The fourth-order valence-corrected chi connectivity index (χ4v) is 6.81. The maximum absolute atomic E-state index is 5.74. The van der Waals surface area contributed by atoms with Crippen LogP contribution in [0.15, 0.2) is 12.1 Å². The number of hydrogen-bond donors (Lipinski definition) is 1. The monoisotopic (exact) mass is 401 g/mol. The molecule has 1 N–H and O–H groups in total. The van der Waals surface area contributed by atoms with Gasteiger partial charge in [-0.2, -0.15) is 5.10 Å². The summed E-state index contributed by atoms with van der Waals surface area (Å²) in [6.07, 6.45) is 7.82. The van der Waals surface area contributed by atoms with Gasteiger partial charge in [0.2, 0.25) is 5.75 Å². The quantitative estimate of drug-likeness (QED) is 0.744. The molecule has 0 radical (unpaired) electrons. The van der Waals surface area contributed by atoms with E-state index in [2.05, 4.69) is 14.8 Å². The van der Waals surface area contributed by atoms with Crippen LogP contribution in [0, 0.1) is 22.5 Å². The van der Waals surface area contributed by atoms with E-state index in [1.165, 1.54) is 38.5 Å². The highest BCUT2D eigenvalue weighted by Crippen LogP contribution is 2.59. The van der Waals surface area contributed by atoms with Gasteiger partial charge in [-0.15, -0.1) is 0 Å². The molecule has 0 atom stereocenters. The molecule has 1 aromatic carbocycles. The SMILES string of the molecule is COc1cc(-c2n[nH]c(=S)n2C23CC4CC(CC(C4)C2)C3)cc(OC)c1OC. The molecule has 0 aliphatic heterocycles. The van der Waals surface area contributed by atoms with Crippen LogP contribution in [0.4, 0.5) is 0 Å². The number of aromatic amines is 1. The lowest BCUT2D eigenvalue weighted by Gasteiger charge is -2.57. The van der Waals surface area contributed by atoms with Gasteiger partial charge in [-0.25, -0.2) is 0 Å². The Kier molecular flexibility index (Phi) is 4.19. The van der Waals surface area contributed by atoms with Crippen molar-refractivity contribution in [3.8, 4) is 28.6 Å². The average molecular weight is 402 g/mol. The lowest BCUT2D eigenvalue weighted by molar-refractivity contribution is -0.0430. The second-order valence-corrected chi connectivity index (χ2v) is 9.13. The summed E-state index contributed by atoms with van der Waals surface area (Å²) in [5, 5.41) is 7.71. The van der Waals surface area contributed by atoms with Crippen molar-refractivity contribution >= 4 is 12.2 Å². The molecule has 150 valence electrons. The van der Waals surface area contributed by atoms with E-state index in [1.807, 2.05) is 12.1 Å². The first-order valence-corrected chi connectivity index (χ1v) is 10.5. The summed E-state index contributed by atoms with van der Waals surface area (Å²) in [7, 11) is 4.89. The lowest BCUT2D eigenvalue weighted by Crippen LogP contribution is -2.52. The Balaban J connectivity index is 1.66. The number of hydrogen-bond acceptors (Lipinski definition) is 5. The first-order valence-electron chi connectivity index (χ1n) is 10.0. The molecular weight excluding hydrogens is 374 g/mol. The zero-order chi connectivity index (χ0) is 19.5. The molecule has 28 heavy (non-hydrogen) atoms. The van der Waals surface area contributed by atoms with Crippen molar-refractivity contribution in [3.63, 3.8) is 0 Å². The second kappa shape index (κ2) is 6.51. The third kappa shape index (κ3) is 2.59. The smallest absolute Gasteiger partial charge is 0.203 e. The zero-order valence-electron chi connectivity index (χ0n) is 16.7. The Morgan fingerprint density at radius 2 is 1.50 bits per heavy atom. The largest absolute Gasteiger partial charge is 0.493 e. The first kappa shape index (κ1) is 18.0. The van der Waals surface area contributed by atoms with Gasteiger partial charge < -0.3 is 14.2 Å². The number of nitrogens with zero attached hydrogens (tertiary/aromatic N) is 2. The van der Waals surface area contributed by atoms with Crippen LogP contribution in [0.1, 0.15) is 38.5 Å². The highest BCUT2D eigenvalue weighted by molar-refractivity contribution is 7.71. The fourth-order valence-electron chi connectivity index (χ4n) is 6.48. The van der Waals surface area contributed by atoms with Crippen LogP contribution in [0.2, 0.25) is 0 Å². The summed E-state index contributed by atoms with van der Waals surface area (Å²) >= 11 is 5.74. The van der Waals surface area contributed by atoms with Gasteiger partial charge in [-0.3, -0.25) is 9.67 Å². The van der Waals surface area contributed by atoms with Crippen molar-refractivity contribution in [3.05, 3.63) is 16.9 Å². The van der Waals surface area contributed by atoms with Gasteiger partial charge in [0.15, 0.2) is 22.1 Å².